The minimum atomic E-state index is -0.541. The van der Waals surface area contributed by atoms with E-state index in [0.29, 0.717) is 3.63 Å². The van der Waals surface area contributed by atoms with E-state index in [1.165, 1.54) is 0 Å². The normalized spacial score (nSPS) is 18.4. The molecule has 0 heterocycles. The molecule has 0 spiro atoms. The quantitative estimate of drug-likeness (QED) is 0.596. The van der Waals surface area contributed by atoms with Gasteiger partial charge in [0, 0.05) is 0 Å². The van der Waals surface area contributed by atoms with Crippen LogP contribution in [0.25, 0.3) is 0 Å². The summed E-state index contributed by atoms with van der Waals surface area (Å²) in [6.07, 6.45) is 8.46. The Morgan fingerprint density at radius 3 is 2.14 bits per heavy atom. The van der Waals surface area contributed by atoms with Crippen molar-refractivity contribution < 1.29 is 22.0 Å². The molecule has 0 radical (unpaired) electrons. The van der Waals surface area contributed by atoms with Crippen LogP contribution in [0.3, 0.4) is 0 Å². The van der Waals surface area contributed by atoms with Gasteiger partial charge in [0.2, 0.25) is 0 Å². The van der Waals surface area contributed by atoms with Gasteiger partial charge < -0.3 is 0 Å². The molecule has 1 aliphatic rings. The Bertz CT molecular complexity index is 94.6. The third-order valence-corrected chi connectivity index (χ3v) is 3.93. The summed E-state index contributed by atoms with van der Waals surface area (Å²) in [7, 11) is 5.68. The third kappa shape index (κ3) is 1.55. The van der Waals surface area contributed by atoms with Crippen LogP contribution in [0.1, 0.15) is 0 Å². The number of allylic oxidation sites excluding steroid dienone is 4. The molecule has 0 saturated heterocycles. The van der Waals surface area contributed by atoms with Crippen LogP contribution in [0.4, 0.5) is 0 Å². The standard InChI is InChI=1S/C5H5.ClH.Zr/c1-2-4-5-3-1;;/h1-5H;1H;/q;;+1/p-1. The van der Waals surface area contributed by atoms with Gasteiger partial charge >= 0.3 is 58.5 Å². The molecule has 0 amide bonds. The first-order valence-electron chi connectivity index (χ1n) is 2.14. The predicted molar refractivity (Wildman–Crippen MR) is 27.9 cm³/mol. The molecule has 0 saturated carbocycles. The molecule has 0 N–H and O–H groups in total. The van der Waals surface area contributed by atoms with E-state index in [1.807, 2.05) is 0 Å². The number of hydrogen-bond donors (Lipinski definition) is 0. The van der Waals surface area contributed by atoms with E-state index in [-0.39, 0.29) is 0 Å². The van der Waals surface area contributed by atoms with Crippen LogP contribution in [-0.4, -0.2) is 0 Å². The van der Waals surface area contributed by atoms with Crippen LogP contribution in [0.5, 0.6) is 0 Å². The van der Waals surface area contributed by atoms with E-state index in [2.05, 4.69) is 24.3 Å². The SMILES string of the molecule is [Cl][Zr][CH]1C=CC=C1. The topological polar surface area (TPSA) is 0 Å². The van der Waals surface area contributed by atoms with Gasteiger partial charge in [-0.05, 0) is 0 Å². The van der Waals surface area contributed by atoms with Crippen LogP contribution in [0.15, 0.2) is 24.3 Å². The molecular weight excluding hydrogens is 187 g/mol. The Hall–Kier alpha value is 0.653. The fraction of sp³-hybridized carbons (Fsp3) is 0.200. The van der Waals surface area contributed by atoms with E-state index in [0.717, 1.165) is 0 Å². The Kier molecular flexibility index (Phi) is 2.35. The summed E-state index contributed by atoms with van der Waals surface area (Å²) < 4.78 is 0.672. The van der Waals surface area contributed by atoms with Gasteiger partial charge in [-0.15, -0.1) is 0 Å². The Balaban J connectivity index is 2.44. The van der Waals surface area contributed by atoms with E-state index in [1.54, 1.807) is 0 Å². The number of hydrogen-bond acceptors (Lipinski definition) is 0. The van der Waals surface area contributed by atoms with Gasteiger partial charge in [0.25, 0.3) is 0 Å². The average molecular weight is 192 g/mol. The van der Waals surface area contributed by atoms with Gasteiger partial charge in [0.15, 0.2) is 0 Å². The van der Waals surface area contributed by atoms with Crippen molar-refractivity contribution in [2.24, 2.45) is 0 Å². The van der Waals surface area contributed by atoms with Crippen LogP contribution in [0, 0.1) is 0 Å². The molecule has 2 heteroatoms. The zero-order valence-electron chi connectivity index (χ0n) is 3.76. The molecule has 0 aromatic rings. The van der Waals surface area contributed by atoms with Crippen molar-refractivity contribution in [1.29, 1.82) is 0 Å². The van der Waals surface area contributed by atoms with Crippen LogP contribution >= 0.6 is 8.51 Å². The van der Waals surface area contributed by atoms with Gasteiger partial charge in [0.1, 0.15) is 0 Å². The molecule has 0 aliphatic heterocycles. The number of rotatable bonds is 1. The molecule has 1 aliphatic carbocycles. The van der Waals surface area contributed by atoms with Gasteiger partial charge in [0.05, 0.1) is 0 Å². The zero-order chi connectivity index (χ0) is 5.11. The van der Waals surface area contributed by atoms with Gasteiger partial charge in [-0.3, -0.25) is 0 Å². The second kappa shape index (κ2) is 2.84. The first-order valence-corrected chi connectivity index (χ1v) is 6.73. The first kappa shape index (κ1) is 5.78. The fourth-order valence-corrected chi connectivity index (χ4v) is 2.27. The van der Waals surface area contributed by atoms with Crippen molar-refractivity contribution in [3.63, 3.8) is 0 Å². The van der Waals surface area contributed by atoms with Crippen molar-refractivity contribution in [3.05, 3.63) is 24.3 Å². The summed E-state index contributed by atoms with van der Waals surface area (Å²) in [6.45, 7) is 0. The van der Waals surface area contributed by atoms with Crippen molar-refractivity contribution in [2.45, 2.75) is 3.63 Å². The van der Waals surface area contributed by atoms with E-state index >= 15 is 0 Å². The Labute approximate surface area is 58.4 Å². The van der Waals surface area contributed by atoms with Gasteiger partial charge in [-0.25, -0.2) is 0 Å². The Morgan fingerprint density at radius 1 is 1.29 bits per heavy atom. The minimum absolute atomic E-state index is 0.541. The van der Waals surface area contributed by atoms with Crippen LogP contribution in [0.2, 0.25) is 3.63 Å². The summed E-state index contributed by atoms with van der Waals surface area (Å²) in [4.78, 5) is 0. The van der Waals surface area contributed by atoms with Crippen LogP contribution < -0.4 is 0 Å². The van der Waals surface area contributed by atoms with Gasteiger partial charge in [-0.2, -0.15) is 0 Å². The molecule has 36 valence electrons. The van der Waals surface area contributed by atoms with E-state index < -0.39 is 22.0 Å². The summed E-state index contributed by atoms with van der Waals surface area (Å²) in [5, 5.41) is 0. The average Bonchev–Trinajstić information content (AvgIpc) is 2.14. The molecule has 0 atom stereocenters. The van der Waals surface area contributed by atoms with E-state index in [9.17, 15) is 0 Å². The predicted octanol–water partition coefficient (Wildman–Crippen LogP) is 2.14. The first-order chi connectivity index (χ1) is 3.43. The van der Waals surface area contributed by atoms with Crippen molar-refractivity contribution in [1.82, 2.24) is 0 Å². The summed E-state index contributed by atoms with van der Waals surface area (Å²) in [5.74, 6) is 0. The molecule has 0 nitrogen and oxygen atoms in total. The molecule has 0 aromatic heterocycles. The molecule has 0 fully saturated rings. The van der Waals surface area contributed by atoms with Crippen LogP contribution in [-0.2, 0) is 22.0 Å². The summed E-state index contributed by atoms with van der Waals surface area (Å²) in [5.41, 5.74) is 0. The van der Waals surface area contributed by atoms with E-state index in [4.69, 9.17) is 8.51 Å². The number of halogens is 1. The molecular formula is C5H5ClZr. The molecule has 1 rings (SSSR count). The van der Waals surface area contributed by atoms with Crippen molar-refractivity contribution in [3.8, 4) is 0 Å². The van der Waals surface area contributed by atoms with Gasteiger partial charge in [-0.1, -0.05) is 0 Å². The monoisotopic (exact) mass is 190 g/mol. The summed E-state index contributed by atoms with van der Waals surface area (Å²) >= 11 is -0.541. The van der Waals surface area contributed by atoms with Crippen molar-refractivity contribution >= 4 is 8.51 Å². The molecule has 0 bridgehead atoms. The molecule has 0 aromatic carbocycles. The zero-order valence-corrected chi connectivity index (χ0v) is 6.98. The molecule has 0 unspecified atom stereocenters. The van der Waals surface area contributed by atoms with Crippen molar-refractivity contribution in [2.75, 3.05) is 0 Å². The summed E-state index contributed by atoms with van der Waals surface area (Å²) in [6, 6.07) is 0. The fourth-order valence-electron chi connectivity index (χ4n) is 0.505. The Morgan fingerprint density at radius 2 is 1.86 bits per heavy atom. The maximum absolute atomic E-state index is 5.68. The molecule has 7 heavy (non-hydrogen) atoms. The second-order valence-electron chi connectivity index (χ2n) is 1.40. The third-order valence-electron chi connectivity index (χ3n) is 0.874. The second-order valence-corrected chi connectivity index (χ2v) is 4.87. The maximum atomic E-state index is 5.68.